The molecule has 1 atom stereocenters. The molecule has 0 radical (unpaired) electrons. The smallest absolute Gasteiger partial charge is 0.251 e. The van der Waals surface area contributed by atoms with Gasteiger partial charge < -0.3 is 9.88 Å². The molecular weight excluding hydrogens is 324 g/mol. The van der Waals surface area contributed by atoms with Crippen molar-refractivity contribution in [1.82, 2.24) is 20.1 Å². The number of fused-ring (bicyclic) bond motifs is 1. The molecule has 1 aliphatic rings. The van der Waals surface area contributed by atoms with Crippen molar-refractivity contribution in [3.63, 3.8) is 0 Å². The Bertz CT molecular complexity index is 740. The summed E-state index contributed by atoms with van der Waals surface area (Å²) in [4.78, 5) is 12.9. The Kier molecular flexibility index (Phi) is 5.40. The van der Waals surface area contributed by atoms with Crippen LogP contribution in [0.4, 0.5) is 0 Å². The molecule has 0 aliphatic carbocycles. The zero-order chi connectivity index (χ0) is 16.9. The molecule has 2 aromatic rings. The van der Waals surface area contributed by atoms with Crippen LogP contribution in [0.15, 0.2) is 29.2 Å². The second kappa shape index (κ2) is 7.70. The van der Waals surface area contributed by atoms with E-state index in [-0.39, 0.29) is 5.91 Å². The summed E-state index contributed by atoms with van der Waals surface area (Å²) in [5.74, 6) is 1.89. The standard InChI is InChI=1S/C17H22N4O2S/c1-24(23)14-8-6-13(7-9-14)17(22)18-11-10-16-20-19-15-5-3-2-4-12-21(15)16/h6-9H,2-5,10-12H2,1H3,(H,18,22)/t24-/m1/s1. The summed E-state index contributed by atoms with van der Waals surface area (Å²) in [7, 11) is -1.03. The zero-order valence-corrected chi connectivity index (χ0v) is 14.6. The van der Waals surface area contributed by atoms with Gasteiger partial charge in [-0.05, 0) is 37.1 Å². The van der Waals surface area contributed by atoms with Crippen molar-refractivity contribution in [1.29, 1.82) is 0 Å². The van der Waals surface area contributed by atoms with Crippen molar-refractivity contribution < 1.29 is 9.00 Å². The summed E-state index contributed by atoms with van der Waals surface area (Å²) >= 11 is 0. The molecule has 2 heterocycles. The summed E-state index contributed by atoms with van der Waals surface area (Å²) in [6.45, 7) is 1.50. The molecule has 1 amide bonds. The first-order valence-corrected chi connectivity index (χ1v) is 9.83. The van der Waals surface area contributed by atoms with Crippen LogP contribution in [-0.2, 0) is 30.2 Å². The molecular formula is C17H22N4O2S. The Morgan fingerprint density at radius 2 is 2.00 bits per heavy atom. The fourth-order valence-corrected chi connectivity index (χ4v) is 3.44. The molecule has 0 bridgehead atoms. The van der Waals surface area contributed by atoms with E-state index in [2.05, 4.69) is 20.1 Å². The first-order valence-electron chi connectivity index (χ1n) is 8.28. The van der Waals surface area contributed by atoms with E-state index >= 15 is 0 Å². The van der Waals surface area contributed by atoms with Crippen molar-refractivity contribution in [2.24, 2.45) is 0 Å². The van der Waals surface area contributed by atoms with Crippen LogP contribution in [0.1, 0.15) is 41.3 Å². The number of hydrogen-bond donors (Lipinski definition) is 1. The predicted molar refractivity (Wildman–Crippen MR) is 92.4 cm³/mol. The third-order valence-electron chi connectivity index (χ3n) is 4.27. The molecule has 0 fully saturated rings. The maximum Gasteiger partial charge on any atom is 0.251 e. The number of nitrogens with one attached hydrogen (secondary N) is 1. The summed E-state index contributed by atoms with van der Waals surface area (Å²) in [6, 6.07) is 6.86. The Labute approximate surface area is 144 Å². The first-order chi connectivity index (χ1) is 11.6. The monoisotopic (exact) mass is 346 g/mol. The van der Waals surface area contributed by atoms with Gasteiger partial charge in [-0.15, -0.1) is 10.2 Å². The van der Waals surface area contributed by atoms with Gasteiger partial charge in [0.1, 0.15) is 11.6 Å². The first kappa shape index (κ1) is 16.8. The van der Waals surface area contributed by atoms with Gasteiger partial charge in [-0.3, -0.25) is 9.00 Å². The minimum atomic E-state index is -1.03. The molecule has 1 aromatic heterocycles. The second-order valence-electron chi connectivity index (χ2n) is 5.98. The van der Waals surface area contributed by atoms with E-state index in [9.17, 15) is 9.00 Å². The van der Waals surface area contributed by atoms with Gasteiger partial charge in [-0.25, -0.2) is 0 Å². The summed E-state index contributed by atoms with van der Waals surface area (Å²) in [6.07, 6.45) is 6.86. The molecule has 6 nitrogen and oxygen atoms in total. The molecule has 1 aromatic carbocycles. The number of benzene rings is 1. The third-order valence-corrected chi connectivity index (χ3v) is 5.20. The van der Waals surface area contributed by atoms with Crippen molar-refractivity contribution >= 4 is 16.7 Å². The van der Waals surface area contributed by atoms with Crippen LogP contribution < -0.4 is 5.32 Å². The Balaban J connectivity index is 1.55. The van der Waals surface area contributed by atoms with Crippen molar-refractivity contribution in [2.75, 3.05) is 12.8 Å². The number of rotatable bonds is 5. The van der Waals surface area contributed by atoms with Crippen LogP contribution in [0.2, 0.25) is 0 Å². The lowest BCUT2D eigenvalue weighted by atomic mass is 10.2. The van der Waals surface area contributed by atoms with Gasteiger partial charge in [0.05, 0.1) is 0 Å². The van der Waals surface area contributed by atoms with E-state index in [1.54, 1.807) is 30.5 Å². The van der Waals surface area contributed by atoms with Crippen LogP contribution >= 0.6 is 0 Å². The fourth-order valence-electron chi connectivity index (χ4n) is 2.92. The molecule has 3 rings (SSSR count). The maximum atomic E-state index is 12.2. The van der Waals surface area contributed by atoms with E-state index in [1.165, 1.54) is 12.8 Å². The highest BCUT2D eigenvalue weighted by Gasteiger charge is 2.14. The lowest BCUT2D eigenvalue weighted by Gasteiger charge is -2.08. The molecule has 0 unspecified atom stereocenters. The summed E-state index contributed by atoms with van der Waals surface area (Å²) in [5, 5.41) is 11.5. The minimum Gasteiger partial charge on any atom is -0.352 e. The number of amides is 1. The third kappa shape index (κ3) is 3.90. The van der Waals surface area contributed by atoms with Crippen molar-refractivity contribution in [2.45, 2.75) is 43.5 Å². The zero-order valence-electron chi connectivity index (χ0n) is 13.8. The number of hydrogen-bond acceptors (Lipinski definition) is 4. The number of carbonyl (C=O) groups is 1. The second-order valence-corrected chi connectivity index (χ2v) is 7.36. The Morgan fingerprint density at radius 1 is 1.21 bits per heavy atom. The van der Waals surface area contributed by atoms with Gasteiger partial charge in [-0.1, -0.05) is 6.42 Å². The number of aromatic nitrogens is 3. The summed E-state index contributed by atoms with van der Waals surface area (Å²) < 4.78 is 13.6. The molecule has 7 heteroatoms. The number of aryl methyl sites for hydroxylation is 1. The number of carbonyl (C=O) groups excluding carboxylic acids is 1. The average molecular weight is 346 g/mol. The molecule has 24 heavy (non-hydrogen) atoms. The highest BCUT2D eigenvalue weighted by atomic mass is 32.2. The normalized spacial score (nSPS) is 15.4. The highest BCUT2D eigenvalue weighted by Crippen LogP contribution is 2.14. The predicted octanol–water partition coefficient (Wildman–Crippen LogP) is 1.71. The molecule has 1 aliphatic heterocycles. The molecule has 128 valence electrons. The van der Waals surface area contributed by atoms with Gasteiger partial charge in [0.2, 0.25) is 0 Å². The van der Waals surface area contributed by atoms with Gasteiger partial charge in [-0.2, -0.15) is 0 Å². The summed E-state index contributed by atoms with van der Waals surface area (Å²) in [5.41, 5.74) is 0.573. The van der Waals surface area contributed by atoms with Crippen LogP contribution in [0.5, 0.6) is 0 Å². The largest absolute Gasteiger partial charge is 0.352 e. The SMILES string of the molecule is C[S@@](=O)c1ccc(C(=O)NCCc2nnc3n2CCCCC3)cc1. The lowest BCUT2D eigenvalue weighted by Crippen LogP contribution is -2.26. The van der Waals surface area contributed by atoms with Crippen LogP contribution in [0.3, 0.4) is 0 Å². The van der Waals surface area contributed by atoms with E-state index in [0.717, 1.165) is 35.9 Å². The fraction of sp³-hybridized carbons (Fsp3) is 0.471. The topological polar surface area (TPSA) is 76.9 Å². The van der Waals surface area contributed by atoms with Crippen LogP contribution in [0, 0.1) is 0 Å². The molecule has 0 saturated heterocycles. The minimum absolute atomic E-state index is 0.126. The van der Waals surface area contributed by atoms with Gasteiger partial charge in [0, 0.05) is 53.4 Å². The molecule has 0 spiro atoms. The Hall–Kier alpha value is -2.02. The average Bonchev–Trinajstić information content (AvgIpc) is 2.81. The number of nitrogens with zero attached hydrogens (tertiary/aromatic N) is 3. The highest BCUT2D eigenvalue weighted by molar-refractivity contribution is 7.84. The van der Waals surface area contributed by atoms with E-state index < -0.39 is 10.8 Å². The van der Waals surface area contributed by atoms with Crippen LogP contribution in [-0.4, -0.2) is 37.7 Å². The maximum absolute atomic E-state index is 12.2. The van der Waals surface area contributed by atoms with E-state index in [4.69, 9.17) is 0 Å². The molecule has 0 saturated carbocycles. The van der Waals surface area contributed by atoms with Gasteiger partial charge >= 0.3 is 0 Å². The molecule has 1 N–H and O–H groups in total. The Morgan fingerprint density at radius 3 is 2.75 bits per heavy atom. The van der Waals surface area contributed by atoms with Gasteiger partial charge in [0.15, 0.2) is 0 Å². The van der Waals surface area contributed by atoms with Crippen molar-refractivity contribution in [3.05, 3.63) is 41.5 Å². The van der Waals surface area contributed by atoms with E-state index in [0.29, 0.717) is 18.5 Å². The van der Waals surface area contributed by atoms with Crippen LogP contribution in [0.25, 0.3) is 0 Å². The van der Waals surface area contributed by atoms with Crippen molar-refractivity contribution in [3.8, 4) is 0 Å². The quantitative estimate of drug-likeness (QED) is 0.894. The lowest BCUT2D eigenvalue weighted by molar-refractivity contribution is 0.0954. The van der Waals surface area contributed by atoms with Gasteiger partial charge in [0.25, 0.3) is 5.91 Å². The van der Waals surface area contributed by atoms with E-state index in [1.807, 2.05) is 0 Å².